The summed E-state index contributed by atoms with van der Waals surface area (Å²) in [4.78, 5) is 34.1. The summed E-state index contributed by atoms with van der Waals surface area (Å²) >= 11 is 15.3. The van der Waals surface area contributed by atoms with Gasteiger partial charge in [0.25, 0.3) is 0 Å². The number of carboxylic acids is 1. The predicted octanol–water partition coefficient (Wildman–Crippen LogP) is 9.89. The molecule has 0 aliphatic rings. The van der Waals surface area contributed by atoms with Crippen molar-refractivity contribution in [1.29, 1.82) is 15.8 Å². The van der Waals surface area contributed by atoms with Crippen LogP contribution in [0.25, 0.3) is 0 Å². The fourth-order valence-electron chi connectivity index (χ4n) is 2.39. The van der Waals surface area contributed by atoms with Crippen LogP contribution in [0.4, 0.5) is 0 Å². The van der Waals surface area contributed by atoms with Gasteiger partial charge in [-0.3, -0.25) is 4.79 Å². The maximum absolute atomic E-state index is 11.3. The number of halogens is 3. The summed E-state index contributed by atoms with van der Waals surface area (Å²) in [5, 5.41) is 34.6. The van der Waals surface area contributed by atoms with Gasteiger partial charge in [0.15, 0.2) is 5.78 Å². The van der Waals surface area contributed by atoms with E-state index in [-0.39, 0.29) is 16.6 Å². The number of nitrogens with zero attached hydrogens (tertiary/aromatic N) is 3. The van der Waals surface area contributed by atoms with Gasteiger partial charge in [0.2, 0.25) is 0 Å². The number of rotatable bonds is 7. The second kappa shape index (κ2) is 25.5. The second-order valence-electron chi connectivity index (χ2n) is 6.46. The highest BCUT2D eigenvalue weighted by atomic mass is 128. The molecule has 8 nitrogen and oxygen atoms in total. The molecule has 3 heterocycles. The molecule has 3 rings (SSSR count). The van der Waals surface area contributed by atoms with E-state index >= 15 is 0 Å². The van der Waals surface area contributed by atoms with Crippen LogP contribution < -0.4 is 0 Å². The van der Waals surface area contributed by atoms with Gasteiger partial charge in [0.05, 0.1) is 40.8 Å². The number of aromatic carboxylic acids is 1. The average molecular weight is 973 g/mol. The van der Waals surface area contributed by atoms with E-state index in [1.54, 1.807) is 19.1 Å². The molecule has 0 aliphatic carbocycles. The quantitative estimate of drug-likeness (QED) is 0.0792. The monoisotopic (exact) mass is 971 g/mol. The predicted molar refractivity (Wildman–Crippen MR) is 198 cm³/mol. The van der Waals surface area contributed by atoms with E-state index in [2.05, 4.69) is 59.2 Å². The Morgan fingerprint density at radius 3 is 1.43 bits per heavy atom. The third-order valence-electron chi connectivity index (χ3n) is 4.05. The molecule has 226 valence electrons. The van der Waals surface area contributed by atoms with E-state index in [1.807, 2.05) is 36.7 Å². The van der Waals surface area contributed by atoms with Crippen molar-refractivity contribution < 1.29 is 24.2 Å². The van der Waals surface area contributed by atoms with Crippen LogP contribution >= 0.6 is 122 Å². The minimum Gasteiger partial charge on any atom is -0.477 e. The Kier molecular flexibility index (Phi) is 26.3. The fourth-order valence-corrected chi connectivity index (χ4v) is 7.32. The molecule has 0 atom stereocenters. The molecular formula is C25H24BrI2N3O5S6. The zero-order valence-electron chi connectivity index (χ0n) is 22.9. The third-order valence-corrected chi connectivity index (χ3v) is 10.9. The SMILES string of the molecule is CBr.CCOC(=O)c1cc(C#N)c(SC)s1.CSc1sc(C(=O)O)cc1C#N.CSc1sc(C(C)=O)cc1C#N.II. The normalized spacial score (nSPS) is 8.81. The minimum absolute atomic E-state index is 0.0248. The van der Waals surface area contributed by atoms with E-state index in [0.29, 0.717) is 33.1 Å². The number of thioether (sulfide) groups is 3. The van der Waals surface area contributed by atoms with Crippen LogP contribution in [0, 0.1) is 34.0 Å². The van der Waals surface area contributed by atoms with Crippen LogP contribution in [0.3, 0.4) is 0 Å². The topological polar surface area (TPSA) is 152 Å². The van der Waals surface area contributed by atoms with Gasteiger partial charge in [-0.05, 0) is 56.6 Å². The first kappa shape index (κ1) is 43.3. The zero-order valence-corrected chi connectivity index (χ0v) is 33.7. The molecule has 0 unspecified atom stereocenters. The molecule has 17 heteroatoms. The molecule has 0 radical (unpaired) electrons. The first-order chi connectivity index (χ1) is 20.1. The number of hydrogen-bond donors (Lipinski definition) is 1. The molecule has 0 bridgehead atoms. The second-order valence-corrected chi connectivity index (χ2v) is 12.8. The average Bonchev–Trinajstić information content (AvgIpc) is 3.75. The number of carbonyl (C=O) groups excluding carboxylic acids is 2. The van der Waals surface area contributed by atoms with Crippen LogP contribution in [0.2, 0.25) is 0 Å². The van der Waals surface area contributed by atoms with Crippen molar-refractivity contribution >= 4 is 140 Å². The van der Waals surface area contributed by atoms with Crippen molar-refractivity contribution in [3.63, 3.8) is 0 Å². The van der Waals surface area contributed by atoms with E-state index in [4.69, 9.17) is 25.6 Å². The van der Waals surface area contributed by atoms with Gasteiger partial charge in [-0.25, -0.2) is 9.59 Å². The van der Waals surface area contributed by atoms with Crippen LogP contribution in [0.5, 0.6) is 0 Å². The summed E-state index contributed by atoms with van der Waals surface area (Å²) < 4.78 is 7.37. The number of alkyl halides is 1. The van der Waals surface area contributed by atoms with Crippen molar-refractivity contribution in [1.82, 2.24) is 0 Å². The lowest BCUT2D eigenvalue weighted by Gasteiger charge is -1.96. The van der Waals surface area contributed by atoms with Gasteiger partial charge in [0.1, 0.15) is 28.0 Å². The number of carbonyl (C=O) groups is 3. The summed E-state index contributed by atoms with van der Waals surface area (Å²) in [6, 6.07) is 10.7. The standard InChI is InChI=1S/C9H9NO2S2.C8H7NOS2.C7H5NO2S2.CH3Br.I2/c1-3-12-8(11)7-4-6(5-10)9(13-2)14-7;1-5(10)7-3-6(4-9)8(11-2)12-7;1-11-7-4(3-8)2-5(12-7)6(9)10;2*1-2/h4H,3H2,1-2H3;3H,1-2H3;2H,1H3,(H,9,10);1H3;. The molecule has 0 aliphatic heterocycles. The molecule has 3 aromatic rings. The van der Waals surface area contributed by atoms with Gasteiger partial charge in [-0.2, -0.15) is 15.8 Å². The summed E-state index contributed by atoms with van der Waals surface area (Å²) in [6.45, 7) is 3.62. The van der Waals surface area contributed by atoms with Gasteiger partial charge in [0, 0.05) is 37.2 Å². The number of nitriles is 3. The molecule has 42 heavy (non-hydrogen) atoms. The first-order valence-corrected chi connectivity index (χ1v) is 24.8. The van der Waals surface area contributed by atoms with Crippen molar-refractivity contribution in [2.75, 3.05) is 31.2 Å². The van der Waals surface area contributed by atoms with Gasteiger partial charge in [-0.15, -0.1) is 69.3 Å². The Morgan fingerprint density at radius 1 is 0.810 bits per heavy atom. The van der Waals surface area contributed by atoms with Crippen molar-refractivity contribution in [3.05, 3.63) is 49.5 Å². The summed E-state index contributed by atoms with van der Waals surface area (Å²) in [5.74, 6) is 0.510. The lowest BCUT2D eigenvalue weighted by molar-refractivity contribution is 0.0531. The van der Waals surface area contributed by atoms with E-state index in [1.165, 1.54) is 70.9 Å². The number of ketones is 1. The van der Waals surface area contributed by atoms with E-state index < -0.39 is 5.97 Å². The van der Waals surface area contributed by atoms with Gasteiger partial charge >= 0.3 is 11.9 Å². The zero-order chi connectivity index (χ0) is 32.8. The molecule has 1 N–H and O–H groups in total. The molecule has 3 aromatic heterocycles. The lowest BCUT2D eigenvalue weighted by Crippen LogP contribution is -2.01. The molecule has 0 fully saturated rings. The number of Topliss-reactive ketones (excluding diaryl/α,β-unsaturated/α-hetero) is 1. The molecule has 0 spiro atoms. The lowest BCUT2D eigenvalue weighted by atomic mass is 10.3. The number of ether oxygens (including phenoxy) is 1. The smallest absolute Gasteiger partial charge is 0.348 e. The maximum atomic E-state index is 11.3. The van der Waals surface area contributed by atoms with Crippen molar-refractivity contribution in [2.45, 2.75) is 26.5 Å². The minimum atomic E-state index is -0.975. The summed E-state index contributed by atoms with van der Waals surface area (Å²) in [6.07, 6.45) is 5.59. The third kappa shape index (κ3) is 14.8. The highest BCUT2D eigenvalue weighted by molar-refractivity contribution is 15.0. The molecule has 0 aromatic carbocycles. The summed E-state index contributed by atoms with van der Waals surface area (Å²) in [5.41, 5.74) is 1.60. The molecule has 0 saturated heterocycles. The Bertz CT molecular complexity index is 1370. The summed E-state index contributed by atoms with van der Waals surface area (Å²) in [7, 11) is 0. The van der Waals surface area contributed by atoms with Crippen LogP contribution in [-0.2, 0) is 4.74 Å². The number of carboxylic acid groups (broad SMARTS) is 1. The van der Waals surface area contributed by atoms with Crippen LogP contribution in [0.1, 0.15) is 59.6 Å². The van der Waals surface area contributed by atoms with Crippen molar-refractivity contribution in [2.24, 2.45) is 0 Å². The number of thiophene rings is 3. The van der Waals surface area contributed by atoms with E-state index in [9.17, 15) is 14.4 Å². The Labute approximate surface area is 302 Å². The number of esters is 1. The molecule has 0 amide bonds. The number of hydrogen-bond acceptors (Lipinski definition) is 13. The highest BCUT2D eigenvalue weighted by Gasteiger charge is 2.15. The van der Waals surface area contributed by atoms with Crippen LogP contribution in [0.15, 0.2) is 30.8 Å². The molecule has 0 saturated carbocycles. The fraction of sp³-hybridized carbons (Fsp3) is 0.280. The Hall–Kier alpha value is -0.830. The van der Waals surface area contributed by atoms with E-state index in [0.717, 1.165) is 24.0 Å². The highest BCUT2D eigenvalue weighted by Crippen LogP contribution is 2.31. The molecular weight excluding hydrogens is 948 g/mol. The van der Waals surface area contributed by atoms with Crippen molar-refractivity contribution in [3.8, 4) is 18.2 Å². The maximum Gasteiger partial charge on any atom is 0.348 e. The Morgan fingerprint density at radius 2 is 1.14 bits per heavy atom. The largest absolute Gasteiger partial charge is 0.477 e. The Balaban J connectivity index is 0. The van der Waals surface area contributed by atoms with Crippen LogP contribution in [-0.4, -0.2) is 54.0 Å². The van der Waals surface area contributed by atoms with Gasteiger partial charge in [-0.1, -0.05) is 15.9 Å². The van der Waals surface area contributed by atoms with Gasteiger partial charge < -0.3 is 9.84 Å². The first-order valence-electron chi connectivity index (χ1n) is 10.8.